The molecule has 0 aliphatic carbocycles. The van der Waals surface area contributed by atoms with E-state index in [-0.39, 0.29) is 63.7 Å². The molecule has 0 bridgehead atoms. The van der Waals surface area contributed by atoms with Crippen molar-refractivity contribution in [2.45, 2.75) is 84.1 Å². The molecule has 0 rings (SSSR count). The Morgan fingerprint density at radius 2 is 1.43 bits per heavy atom. The van der Waals surface area contributed by atoms with Crippen LogP contribution in [-0.4, -0.2) is 24.3 Å². The van der Waals surface area contributed by atoms with Crippen molar-refractivity contribution in [2.24, 2.45) is 0 Å². The minimum atomic E-state index is -1.17. The van der Waals surface area contributed by atoms with Crippen LogP contribution < -0.4 is 61.8 Å². The molecule has 21 heavy (non-hydrogen) atoms. The number of carbonyl (C=O) groups excluding carboxylic acids is 2. The number of rotatable bonds is 14. The summed E-state index contributed by atoms with van der Waals surface area (Å²) in [5.74, 6) is -1.08. The van der Waals surface area contributed by atoms with Crippen LogP contribution in [0.5, 0.6) is 0 Å². The van der Waals surface area contributed by atoms with Gasteiger partial charge in [-0.1, -0.05) is 58.3 Å². The molecule has 0 saturated carbocycles. The first-order chi connectivity index (χ1) is 9.57. The van der Waals surface area contributed by atoms with Gasteiger partial charge in [-0.25, -0.2) is 0 Å². The Bertz CT molecular complexity index is 272. The molecule has 4 nitrogen and oxygen atoms in total. The number of unbranched alkanes of at least 4 members (excludes halogenated alkanes) is 8. The van der Waals surface area contributed by atoms with Crippen LogP contribution in [-0.2, 0) is 9.59 Å². The van der Waals surface area contributed by atoms with Crippen molar-refractivity contribution in [2.75, 3.05) is 6.54 Å². The Balaban J connectivity index is 0. The minimum absolute atomic E-state index is 0. The molecular formula is C16H30KNO3. The molecule has 0 saturated heterocycles. The third-order valence-electron chi connectivity index (χ3n) is 3.52. The van der Waals surface area contributed by atoms with Crippen LogP contribution in [0.25, 0.3) is 0 Å². The molecule has 0 aromatic heterocycles. The number of nitrogens with one attached hydrogen (secondary N) is 1. The van der Waals surface area contributed by atoms with Crippen LogP contribution in [0.15, 0.2) is 0 Å². The summed E-state index contributed by atoms with van der Waals surface area (Å²) in [5, 5.41) is 13.1. The van der Waals surface area contributed by atoms with Crippen LogP contribution in [0.1, 0.15) is 78.1 Å². The van der Waals surface area contributed by atoms with E-state index < -0.39 is 12.0 Å². The van der Waals surface area contributed by atoms with E-state index in [4.69, 9.17) is 0 Å². The van der Waals surface area contributed by atoms with Gasteiger partial charge in [0.25, 0.3) is 0 Å². The Morgan fingerprint density at radius 1 is 0.952 bits per heavy atom. The fourth-order valence-corrected chi connectivity index (χ4v) is 2.07. The van der Waals surface area contributed by atoms with Crippen molar-refractivity contribution in [3.05, 3.63) is 0 Å². The van der Waals surface area contributed by atoms with Crippen LogP contribution in [0.4, 0.5) is 0 Å². The first kappa shape index (κ1) is 24.0. The van der Waals surface area contributed by atoms with Gasteiger partial charge in [-0.2, -0.15) is 0 Å². The summed E-state index contributed by atoms with van der Waals surface area (Å²) in [7, 11) is 0. The molecule has 0 aromatic carbocycles. The van der Waals surface area contributed by atoms with Crippen molar-refractivity contribution in [3.8, 4) is 0 Å². The van der Waals surface area contributed by atoms with E-state index in [2.05, 4.69) is 12.2 Å². The maximum atomic E-state index is 11.5. The number of hydrogen-bond acceptors (Lipinski definition) is 4. The van der Waals surface area contributed by atoms with Crippen LogP contribution in [0.3, 0.4) is 0 Å². The number of Topliss-reactive ketones (excluding diaryl/α,β-unsaturated/α-hetero) is 1. The van der Waals surface area contributed by atoms with E-state index in [9.17, 15) is 14.7 Å². The molecule has 118 valence electrons. The first-order valence-electron chi connectivity index (χ1n) is 8.03. The zero-order valence-electron chi connectivity index (χ0n) is 14.1. The normalized spacial score (nSPS) is 11.7. The van der Waals surface area contributed by atoms with Crippen molar-refractivity contribution < 1.29 is 66.1 Å². The van der Waals surface area contributed by atoms with Crippen LogP contribution >= 0.6 is 0 Å². The van der Waals surface area contributed by atoms with E-state index in [1.807, 2.05) is 0 Å². The Kier molecular flexibility index (Phi) is 19.5. The summed E-state index contributed by atoms with van der Waals surface area (Å²) >= 11 is 0. The monoisotopic (exact) mass is 323 g/mol. The minimum Gasteiger partial charge on any atom is -0.548 e. The fraction of sp³-hybridized carbons (Fsp3) is 0.875. The summed E-state index contributed by atoms with van der Waals surface area (Å²) in [6.45, 7) is 3.84. The predicted molar refractivity (Wildman–Crippen MR) is 79.3 cm³/mol. The van der Waals surface area contributed by atoms with E-state index in [0.29, 0.717) is 6.42 Å². The molecular weight excluding hydrogens is 293 g/mol. The molecule has 0 fully saturated rings. The van der Waals surface area contributed by atoms with Gasteiger partial charge >= 0.3 is 51.4 Å². The van der Waals surface area contributed by atoms with Gasteiger partial charge in [0, 0.05) is 12.5 Å². The number of hydrogen-bond donors (Lipinski definition) is 1. The molecule has 0 aliphatic heterocycles. The van der Waals surface area contributed by atoms with Crippen LogP contribution in [0, 0.1) is 0 Å². The van der Waals surface area contributed by atoms with Crippen molar-refractivity contribution in [1.82, 2.24) is 5.32 Å². The van der Waals surface area contributed by atoms with Crippen molar-refractivity contribution >= 4 is 11.8 Å². The number of ketones is 1. The van der Waals surface area contributed by atoms with Crippen molar-refractivity contribution in [3.63, 3.8) is 0 Å². The summed E-state index contributed by atoms with van der Waals surface area (Å²) in [6.07, 6.45) is 11.6. The zero-order valence-corrected chi connectivity index (χ0v) is 17.2. The molecule has 0 unspecified atom stereocenters. The van der Waals surface area contributed by atoms with E-state index in [0.717, 1.165) is 12.8 Å². The van der Waals surface area contributed by atoms with Gasteiger partial charge < -0.3 is 15.2 Å². The molecule has 1 atom stereocenters. The van der Waals surface area contributed by atoms with Gasteiger partial charge in [0.15, 0.2) is 0 Å². The quantitative estimate of drug-likeness (QED) is 0.336. The molecule has 0 amide bonds. The van der Waals surface area contributed by atoms with Gasteiger partial charge in [0.05, 0.1) is 12.5 Å². The van der Waals surface area contributed by atoms with Crippen LogP contribution in [0.2, 0.25) is 0 Å². The maximum absolute atomic E-state index is 11.5. The predicted octanol–water partition coefficient (Wildman–Crippen LogP) is -0.792. The summed E-state index contributed by atoms with van der Waals surface area (Å²) in [4.78, 5) is 22.0. The van der Waals surface area contributed by atoms with Gasteiger partial charge in [-0.3, -0.25) is 4.79 Å². The second kappa shape index (κ2) is 17.1. The molecule has 0 aromatic rings. The molecule has 0 aliphatic rings. The Labute approximate surface area is 172 Å². The second-order valence-corrected chi connectivity index (χ2v) is 5.54. The first-order valence-corrected chi connectivity index (χ1v) is 8.03. The van der Waals surface area contributed by atoms with E-state index in [1.54, 1.807) is 0 Å². The van der Waals surface area contributed by atoms with E-state index in [1.165, 1.54) is 51.9 Å². The Hall–Kier alpha value is 0.736. The topological polar surface area (TPSA) is 69.2 Å². The summed E-state index contributed by atoms with van der Waals surface area (Å²) < 4.78 is 0. The standard InChI is InChI=1S/C16H31NO3.K/c1-3-4-5-6-7-8-9-10-11-12-15(18)13-17-14(2)16(19)20;/h14,17H,3-13H2,1-2H3,(H,19,20);/q;+1/p-1/t14-;/m0./s1. The molecule has 0 spiro atoms. The number of carbonyl (C=O) groups is 2. The van der Waals surface area contributed by atoms with Gasteiger partial charge in [0.1, 0.15) is 5.78 Å². The average molecular weight is 324 g/mol. The van der Waals surface area contributed by atoms with Crippen molar-refractivity contribution in [1.29, 1.82) is 0 Å². The largest absolute Gasteiger partial charge is 1.00 e. The average Bonchev–Trinajstić information content (AvgIpc) is 2.42. The van der Waals surface area contributed by atoms with E-state index >= 15 is 0 Å². The molecule has 1 N–H and O–H groups in total. The smallest absolute Gasteiger partial charge is 0.548 e. The van der Waals surface area contributed by atoms with Gasteiger partial charge in [0.2, 0.25) is 0 Å². The second-order valence-electron chi connectivity index (χ2n) is 5.54. The fourth-order valence-electron chi connectivity index (χ4n) is 2.07. The summed E-state index contributed by atoms with van der Waals surface area (Å²) in [6, 6.07) is -0.762. The SMILES string of the molecule is CCCCCCCCCCCC(=O)CN[C@@H](C)C(=O)[O-].[K+]. The Morgan fingerprint density at radius 3 is 1.90 bits per heavy atom. The third-order valence-corrected chi connectivity index (χ3v) is 3.52. The molecule has 5 heteroatoms. The molecule has 0 radical (unpaired) electrons. The zero-order chi connectivity index (χ0) is 15.2. The van der Waals surface area contributed by atoms with Gasteiger partial charge in [-0.15, -0.1) is 0 Å². The maximum Gasteiger partial charge on any atom is 1.00 e. The van der Waals surface area contributed by atoms with Gasteiger partial charge in [-0.05, 0) is 13.3 Å². The number of carboxylic acid groups (broad SMARTS) is 1. The summed E-state index contributed by atoms with van der Waals surface area (Å²) in [5.41, 5.74) is 0. The number of carboxylic acids is 1. The number of aliphatic carboxylic acids is 1. The molecule has 0 heterocycles. The third kappa shape index (κ3) is 16.9.